The second-order valence-corrected chi connectivity index (χ2v) is 3.17. The molecule has 0 saturated heterocycles. The van der Waals surface area contributed by atoms with E-state index < -0.39 is 5.82 Å². The van der Waals surface area contributed by atoms with Gasteiger partial charge in [0.25, 0.3) is 0 Å². The molecular formula is C7H3BrClFO. The van der Waals surface area contributed by atoms with Crippen LogP contribution in [-0.4, -0.2) is 6.29 Å². The predicted molar refractivity (Wildman–Crippen MR) is 44.5 cm³/mol. The molecule has 0 fully saturated rings. The highest BCUT2D eigenvalue weighted by Gasteiger charge is 2.04. The van der Waals surface area contributed by atoms with Gasteiger partial charge in [0.15, 0.2) is 6.29 Å². The molecule has 0 unspecified atom stereocenters. The molecule has 0 aromatic heterocycles. The average molecular weight is 237 g/mol. The zero-order chi connectivity index (χ0) is 8.43. The number of carbonyl (C=O) groups excluding carboxylic acids is 1. The zero-order valence-electron chi connectivity index (χ0n) is 5.27. The van der Waals surface area contributed by atoms with E-state index in [1.54, 1.807) is 0 Å². The van der Waals surface area contributed by atoms with Crippen LogP contribution in [0.4, 0.5) is 4.39 Å². The molecule has 0 radical (unpaired) electrons. The summed E-state index contributed by atoms with van der Waals surface area (Å²) >= 11 is 8.44. The highest BCUT2D eigenvalue weighted by molar-refractivity contribution is 9.10. The lowest BCUT2D eigenvalue weighted by Gasteiger charge is -1.97. The van der Waals surface area contributed by atoms with Crippen LogP contribution in [0.3, 0.4) is 0 Å². The lowest BCUT2D eigenvalue weighted by atomic mass is 10.2. The summed E-state index contributed by atoms with van der Waals surface area (Å²) in [4.78, 5) is 10.3. The second-order valence-electron chi connectivity index (χ2n) is 1.91. The molecule has 58 valence electrons. The number of hydrogen-bond acceptors (Lipinski definition) is 1. The van der Waals surface area contributed by atoms with Crippen LogP contribution in [0, 0.1) is 5.82 Å². The van der Waals surface area contributed by atoms with E-state index in [-0.39, 0.29) is 15.1 Å². The molecule has 1 rings (SSSR count). The van der Waals surface area contributed by atoms with Crippen LogP contribution in [0.2, 0.25) is 5.02 Å². The summed E-state index contributed by atoms with van der Waals surface area (Å²) in [5, 5.41) is 0.126. The van der Waals surface area contributed by atoms with Crippen molar-refractivity contribution in [3.05, 3.63) is 33.0 Å². The molecule has 0 N–H and O–H groups in total. The quantitative estimate of drug-likeness (QED) is 0.542. The van der Waals surface area contributed by atoms with Crippen LogP contribution in [0.25, 0.3) is 0 Å². The maximum atomic E-state index is 12.6. The maximum Gasteiger partial charge on any atom is 0.151 e. The monoisotopic (exact) mass is 236 g/mol. The Balaban J connectivity index is 3.31. The number of carbonyl (C=O) groups is 1. The first-order valence-corrected chi connectivity index (χ1v) is 3.92. The van der Waals surface area contributed by atoms with E-state index in [2.05, 4.69) is 15.9 Å². The Labute approximate surface area is 76.3 Å². The Morgan fingerprint density at radius 1 is 1.55 bits per heavy atom. The molecule has 0 aliphatic carbocycles. The van der Waals surface area contributed by atoms with E-state index in [1.165, 1.54) is 6.07 Å². The highest BCUT2D eigenvalue weighted by Crippen LogP contribution is 2.22. The molecule has 0 saturated carbocycles. The summed E-state index contributed by atoms with van der Waals surface area (Å²) in [5.41, 5.74) is 0.278. The van der Waals surface area contributed by atoms with E-state index in [9.17, 15) is 9.18 Å². The molecule has 11 heavy (non-hydrogen) atoms. The van der Waals surface area contributed by atoms with Crippen LogP contribution in [0.15, 0.2) is 16.6 Å². The fourth-order valence-corrected chi connectivity index (χ4v) is 1.18. The normalized spacial score (nSPS) is 9.73. The van der Waals surface area contributed by atoms with Crippen molar-refractivity contribution in [1.82, 2.24) is 0 Å². The predicted octanol–water partition coefficient (Wildman–Crippen LogP) is 3.05. The Kier molecular flexibility index (Phi) is 2.62. The van der Waals surface area contributed by atoms with Crippen LogP contribution in [-0.2, 0) is 0 Å². The molecule has 1 aromatic carbocycles. The Morgan fingerprint density at radius 3 is 2.73 bits per heavy atom. The van der Waals surface area contributed by atoms with Gasteiger partial charge in [0, 0.05) is 5.56 Å². The van der Waals surface area contributed by atoms with Crippen LogP contribution >= 0.6 is 27.5 Å². The minimum Gasteiger partial charge on any atom is -0.298 e. The molecule has 0 aliphatic heterocycles. The molecule has 1 nitrogen and oxygen atoms in total. The first kappa shape index (κ1) is 8.68. The molecule has 4 heteroatoms. The van der Waals surface area contributed by atoms with Gasteiger partial charge >= 0.3 is 0 Å². The van der Waals surface area contributed by atoms with Crippen molar-refractivity contribution in [2.45, 2.75) is 0 Å². The molecule has 0 aliphatic rings. The van der Waals surface area contributed by atoms with Crippen molar-refractivity contribution in [3.8, 4) is 0 Å². The van der Waals surface area contributed by atoms with Gasteiger partial charge in [-0.2, -0.15) is 0 Å². The Bertz CT molecular complexity index is 301. The van der Waals surface area contributed by atoms with Gasteiger partial charge in [0.2, 0.25) is 0 Å². The third kappa shape index (κ3) is 1.79. The summed E-state index contributed by atoms with van der Waals surface area (Å²) in [7, 11) is 0. The fourth-order valence-electron chi connectivity index (χ4n) is 0.628. The molecule has 0 spiro atoms. The van der Waals surface area contributed by atoms with Crippen LogP contribution < -0.4 is 0 Å². The first-order valence-electron chi connectivity index (χ1n) is 2.75. The number of halogens is 3. The molecule has 0 heterocycles. The molecule has 0 amide bonds. The maximum absolute atomic E-state index is 12.6. The molecule has 0 atom stereocenters. The fraction of sp³-hybridized carbons (Fsp3) is 0. The lowest BCUT2D eigenvalue weighted by Crippen LogP contribution is -1.85. The second kappa shape index (κ2) is 3.32. The first-order chi connectivity index (χ1) is 5.15. The third-order valence-corrected chi connectivity index (χ3v) is 2.10. The van der Waals surface area contributed by atoms with E-state index in [0.29, 0.717) is 6.29 Å². The van der Waals surface area contributed by atoms with Crippen molar-refractivity contribution in [2.75, 3.05) is 0 Å². The molecular weight excluding hydrogens is 234 g/mol. The number of rotatable bonds is 1. The van der Waals surface area contributed by atoms with E-state index in [0.717, 1.165) is 6.07 Å². The lowest BCUT2D eigenvalue weighted by molar-refractivity contribution is 0.112. The van der Waals surface area contributed by atoms with Crippen molar-refractivity contribution in [1.29, 1.82) is 0 Å². The summed E-state index contributed by atoms with van der Waals surface area (Å²) in [6.07, 6.45) is 0.576. The summed E-state index contributed by atoms with van der Waals surface area (Å²) < 4.78 is 12.9. The van der Waals surface area contributed by atoms with Gasteiger partial charge in [-0.05, 0) is 28.1 Å². The van der Waals surface area contributed by atoms with Gasteiger partial charge in [-0.3, -0.25) is 4.79 Å². The van der Waals surface area contributed by atoms with Crippen LogP contribution in [0.5, 0.6) is 0 Å². The largest absolute Gasteiger partial charge is 0.298 e. The van der Waals surface area contributed by atoms with Gasteiger partial charge in [-0.25, -0.2) is 4.39 Å². The van der Waals surface area contributed by atoms with Gasteiger partial charge in [0.1, 0.15) is 5.82 Å². The van der Waals surface area contributed by atoms with E-state index in [4.69, 9.17) is 11.6 Å². The topological polar surface area (TPSA) is 17.1 Å². The number of benzene rings is 1. The summed E-state index contributed by atoms with van der Waals surface area (Å²) in [6, 6.07) is 2.43. The van der Waals surface area contributed by atoms with Crippen molar-refractivity contribution >= 4 is 33.8 Å². The van der Waals surface area contributed by atoms with Gasteiger partial charge in [0.05, 0.1) is 9.50 Å². The Hall–Kier alpha value is -0.410. The smallest absolute Gasteiger partial charge is 0.151 e. The van der Waals surface area contributed by atoms with Crippen molar-refractivity contribution < 1.29 is 9.18 Å². The van der Waals surface area contributed by atoms with Gasteiger partial charge < -0.3 is 0 Å². The minimum absolute atomic E-state index is 0.126. The zero-order valence-corrected chi connectivity index (χ0v) is 7.62. The summed E-state index contributed by atoms with van der Waals surface area (Å²) in [6.45, 7) is 0. The summed E-state index contributed by atoms with van der Waals surface area (Å²) in [5.74, 6) is -0.472. The van der Waals surface area contributed by atoms with E-state index >= 15 is 0 Å². The van der Waals surface area contributed by atoms with Crippen molar-refractivity contribution in [2.24, 2.45) is 0 Å². The number of hydrogen-bond donors (Lipinski definition) is 0. The highest BCUT2D eigenvalue weighted by atomic mass is 79.9. The number of aldehydes is 1. The van der Waals surface area contributed by atoms with E-state index in [1.807, 2.05) is 0 Å². The van der Waals surface area contributed by atoms with Crippen molar-refractivity contribution in [3.63, 3.8) is 0 Å². The minimum atomic E-state index is -0.472. The Morgan fingerprint density at radius 2 is 2.18 bits per heavy atom. The van der Waals surface area contributed by atoms with Gasteiger partial charge in [-0.15, -0.1) is 0 Å². The SMILES string of the molecule is O=Cc1cc(Br)c(F)cc1Cl. The molecule has 1 aromatic rings. The molecule has 0 bridgehead atoms. The standard InChI is InChI=1S/C7H3BrClFO/c8-5-1-4(3-11)6(9)2-7(5)10/h1-3H. The average Bonchev–Trinajstić information content (AvgIpc) is 1.97. The third-order valence-electron chi connectivity index (χ3n) is 1.17. The van der Waals surface area contributed by atoms with Gasteiger partial charge in [-0.1, -0.05) is 11.6 Å². The van der Waals surface area contributed by atoms with Crippen LogP contribution in [0.1, 0.15) is 10.4 Å².